The van der Waals surface area contributed by atoms with Crippen molar-refractivity contribution in [3.05, 3.63) is 69.2 Å². The van der Waals surface area contributed by atoms with Crippen LogP contribution in [0.2, 0.25) is 0 Å². The molecule has 0 radical (unpaired) electrons. The molecule has 0 saturated heterocycles. The lowest BCUT2D eigenvalue weighted by Crippen LogP contribution is -2.31. The molecule has 7 nitrogen and oxygen atoms in total. The second-order valence-electron chi connectivity index (χ2n) is 6.37. The van der Waals surface area contributed by atoms with E-state index in [-0.39, 0.29) is 29.0 Å². The predicted molar refractivity (Wildman–Crippen MR) is 107 cm³/mol. The average Bonchev–Trinajstić information content (AvgIpc) is 2.96. The summed E-state index contributed by atoms with van der Waals surface area (Å²) in [6, 6.07) is 10.9. The van der Waals surface area contributed by atoms with Gasteiger partial charge in [-0.25, -0.2) is 4.79 Å². The zero-order chi connectivity index (χ0) is 21.0. The lowest BCUT2D eigenvalue weighted by molar-refractivity contribution is 0.0474. The van der Waals surface area contributed by atoms with E-state index in [0.29, 0.717) is 18.6 Å². The molecule has 8 heteroatoms. The predicted octanol–water partition coefficient (Wildman–Crippen LogP) is 3.12. The zero-order valence-corrected chi connectivity index (χ0v) is 17.2. The van der Waals surface area contributed by atoms with Crippen molar-refractivity contribution in [2.24, 2.45) is 0 Å². The normalized spacial score (nSPS) is 12.8. The fraction of sp³-hybridized carbons (Fsp3) is 0.238. The van der Waals surface area contributed by atoms with Crippen LogP contribution in [0.3, 0.4) is 0 Å². The number of amides is 2. The number of benzene rings is 2. The van der Waals surface area contributed by atoms with Crippen molar-refractivity contribution in [2.45, 2.75) is 6.42 Å². The monoisotopic (exact) mass is 459 g/mol. The Balaban J connectivity index is 1.66. The highest BCUT2D eigenvalue weighted by Crippen LogP contribution is 2.24. The topological polar surface area (TPSA) is 90.0 Å². The van der Waals surface area contributed by atoms with E-state index < -0.39 is 24.4 Å². The Bertz CT molecular complexity index is 970. The van der Waals surface area contributed by atoms with Crippen molar-refractivity contribution in [3.63, 3.8) is 0 Å². The Morgan fingerprint density at radius 2 is 1.62 bits per heavy atom. The molecule has 0 aromatic heterocycles. The van der Waals surface area contributed by atoms with Crippen LogP contribution in [-0.4, -0.2) is 55.3 Å². The number of Topliss-reactive ketones (excluding diaryl/α,β-unsaturated/α-hetero) is 1. The molecule has 0 N–H and O–H groups in total. The first kappa shape index (κ1) is 20.9. The molecule has 0 aliphatic carbocycles. The highest BCUT2D eigenvalue weighted by Gasteiger charge is 2.35. The summed E-state index contributed by atoms with van der Waals surface area (Å²) in [5.41, 5.74) is 0.922. The first-order valence-corrected chi connectivity index (χ1v) is 9.66. The first-order chi connectivity index (χ1) is 13.9. The van der Waals surface area contributed by atoms with E-state index in [9.17, 15) is 19.2 Å². The smallest absolute Gasteiger partial charge is 0.338 e. The van der Waals surface area contributed by atoms with Gasteiger partial charge in [-0.05, 0) is 36.8 Å². The molecule has 29 heavy (non-hydrogen) atoms. The minimum atomic E-state index is -0.739. The second-order valence-corrected chi connectivity index (χ2v) is 7.29. The Morgan fingerprint density at radius 3 is 2.31 bits per heavy atom. The van der Waals surface area contributed by atoms with Gasteiger partial charge in [0.15, 0.2) is 12.4 Å². The van der Waals surface area contributed by atoms with Crippen LogP contribution in [-0.2, 0) is 9.47 Å². The van der Waals surface area contributed by atoms with Gasteiger partial charge in [0.2, 0.25) is 0 Å². The van der Waals surface area contributed by atoms with E-state index in [2.05, 4.69) is 15.9 Å². The van der Waals surface area contributed by atoms with Crippen molar-refractivity contribution in [1.82, 2.24) is 4.90 Å². The maximum atomic E-state index is 12.5. The van der Waals surface area contributed by atoms with Crippen molar-refractivity contribution in [1.29, 1.82) is 0 Å². The van der Waals surface area contributed by atoms with E-state index in [1.165, 1.54) is 18.2 Å². The van der Waals surface area contributed by atoms with Crippen molar-refractivity contribution < 1.29 is 28.7 Å². The number of ether oxygens (including phenoxy) is 2. The molecule has 1 aliphatic rings. The highest BCUT2D eigenvalue weighted by molar-refractivity contribution is 9.10. The van der Waals surface area contributed by atoms with Crippen molar-refractivity contribution in [3.8, 4) is 0 Å². The molecule has 1 heterocycles. The number of imide groups is 1. The van der Waals surface area contributed by atoms with Gasteiger partial charge >= 0.3 is 5.97 Å². The average molecular weight is 460 g/mol. The quantitative estimate of drug-likeness (QED) is 0.260. The number of ketones is 1. The van der Waals surface area contributed by atoms with Crippen LogP contribution in [0.1, 0.15) is 47.9 Å². The van der Waals surface area contributed by atoms with Crippen LogP contribution in [0, 0.1) is 0 Å². The number of halogens is 1. The number of rotatable bonds is 8. The summed E-state index contributed by atoms with van der Waals surface area (Å²) >= 11 is 3.28. The molecule has 150 valence electrons. The van der Waals surface area contributed by atoms with Crippen LogP contribution in [0.4, 0.5) is 0 Å². The van der Waals surface area contributed by atoms with Gasteiger partial charge in [-0.15, -0.1) is 0 Å². The molecule has 2 aromatic rings. The highest BCUT2D eigenvalue weighted by atomic mass is 79.9. The zero-order valence-electron chi connectivity index (χ0n) is 15.6. The van der Waals surface area contributed by atoms with Gasteiger partial charge in [-0.1, -0.05) is 28.1 Å². The largest absolute Gasteiger partial charge is 0.454 e. The Morgan fingerprint density at radius 1 is 0.966 bits per heavy atom. The molecular formula is C21H18BrNO6. The minimum Gasteiger partial charge on any atom is -0.454 e. The number of fused-ring (bicyclic) bond motifs is 1. The molecule has 0 fully saturated rings. The second kappa shape index (κ2) is 9.11. The van der Waals surface area contributed by atoms with Crippen molar-refractivity contribution in [2.75, 3.05) is 26.9 Å². The van der Waals surface area contributed by atoms with E-state index in [4.69, 9.17) is 9.47 Å². The maximum Gasteiger partial charge on any atom is 0.338 e. The number of esters is 1. The minimum absolute atomic E-state index is 0.104. The molecule has 0 unspecified atom stereocenters. The van der Waals surface area contributed by atoms with Gasteiger partial charge in [-0.3, -0.25) is 19.3 Å². The Kier molecular flexibility index (Phi) is 6.56. The summed E-state index contributed by atoms with van der Waals surface area (Å²) < 4.78 is 10.9. The number of carbonyl (C=O) groups is 4. The standard InChI is InChI=1S/C21H18BrNO6/c1-28-10-2-9-23-19(25)16-8-5-14(11-17(16)20(23)26)21(27)29-12-18(24)13-3-6-15(22)7-4-13/h3-8,11H,2,9-10,12H2,1H3. The summed E-state index contributed by atoms with van der Waals surface area (Å²) in [5.74, 6) is -1.94. The van der Waals surface area contributed by atoms with E-state index in [1.807, 2.05) is 0 Å². The first-order valence-electron chi connectivity index (χ1n) is 8.87. The number of carbonyl (C=O) groups excluding carboxylic acids is 4. The van der Waals surface area contributed by atoms with Crippen LogP contribution in [0.15, 0.2) is 46.9 Å². The van der Waals surface area contributed by atoms with Gasteiger partial charge in [0.25, 0.3) is 11.8 Å². The third-order valence-electron chi connectivity index (χ3n) is 4.44. The summed E-state index contributed by atoms with van der Waals surface area (Å²) in [6.07, 6.45) is 0.523. The maximum absolute atomic E-state index is 12.5. The van der Waals surface area contributed by atoms with Crippen LogP contribution in [0.5, 0.6) is 0 Å². The Labute approximate surface area is 175 Å². The molecule has 0 bridgehead atoms. The van der Waals surface area contributed by atoms with Crippen molar-refractivity contribution >= 4 is 39.5 Å². The summed E-state index contributed by atoms with van der Waals surface area (Å²) in [4.78, 5) is 50.5. The van der Waals surface area contributed by atoms with Gasteiger partial charge < -0.3 is 9.47 Å². The number of hydrogen-bond donors (Lipinski definition) is 0. The summed E-state index contributed by atoms with van der Waals surface area (Å²) in [5, 5.41) is 0. The molecule has 2 amide bonds. The van der Waals surface area contributed by atoms with Gasteiger partial charge in [0.05, 0.1) is 16.7 Å². The molecule has 0 spiro atoms. The lowest BCUT2D eigenvalue weighted by Gasteiger charge is -2.12. The SMILES string of the molecule is COCCCN1C(=O)c2ccc(C(=O)OCC(=O)c3ccc(Br)cc3)cc2C1=O. The van der Waals surface area contributed by atoms with Crippen LogP contribution in [0.25, 0.3) is 0 Å². The number of nitrogens with zero attached hydrogens (tertiary/aromatic N) is 1. The van der Waals surface area contributed by atoms with E-state index >= 15 is 0 Å². The molecule has 2 aromatic carbocycles. The lowest BCUT2D eigenvalue weighted by atomic mass is 10.1. The molecule has 0 atom stereocenters. The van der Waals surface area contributed by atoms with Crippen LogP contribution < -0.4 is 0 Å². The van der Waals surface area contributed by atoms with E-state index in [0.717, 1.165) is 9.37 Å². The van der Waals surface area contributed by atoms with Crippen LogP contribution >= 0.6 is 15.9 Å². The van der Waals surface area contributed by atoms with E-state index in [1.54, 1.807) is 31.4 Å². The molecule has 0 saturated carbocycles. The van der Waals surface area contributed by atoms with Gasteiger partial charge in [-0.2, -0.15) is 0 Å². The number of methoxy groups -OCH3 is 1. The fourth-order valence-electron chi connectivity index (χ4n) is 2.92. The Hall–Kier alpha value is -2.84. The summed E-state index contributed by atoms with van der Waals surface area (Å²) in [7, 11) is 1.54. The van der Waals surface area contributed by atoms with Gasteiger partial charge in [0.1, 0.15) is 0 Å². The van der Waals surface area contributed by atoms with Gasteiger partial charge in [0, 0.05) is 30.3 Å². The molecule has 1 aliphatic heterocycles. The molecular weight excluding hydrogens is 442 g/mol. The summed E-state index contributed by atoms with van der Waals surface area (Å²) in [6.45, 7) is 0.243. The number of hydrogen-bond acceptors (Lipinski definition) is 6. The fourth-order valence-corrected chi connectivity index (χ4v) is 3.19. The third-order valence-corrected chi connectivity index (χ3v) is 4.97. The molecule has 3 rings (SSSR count). The third kappa shape index (κ3) is 4.60.